The molecule has 0 amide bonds. The van der Waals surface area contributed by atoms with Crippen LogP contribution in [0.3, 0.4) is 0 Å². The van der Waals surface area contributed by atoms with Gasteiger partial charge in [-0.3, -0.25) is 0 Å². The van der Waals surface area contributed by atoms with Gasteiger partial charge in [0.15, 0.2) is 0 Å². The van der Waals surface area contributed by atoms with Gasteiger partial charge in [-0.05, 0) is 20.3 Å². The predicted molar refractivity (Wildman–Crippen MR) is 62.6 cm³/mol. The zero-order chi connectivity index (χ0) is 11.5. The summed E-state index contributed by atoms with van der Waals surface area (Å²) in [6.07, 6.45) is 0.921. The van der Waals surface area contributed by atoms with E-state index in [1.165, 1.54) is 0 Å². The quantitative estimate of drug-likeness (QED) is 0.885. The van der Waals surface area contributed by atoms with Crippen LogP contribution in [-0.2, 0) is 13.0 Å². The number of nitrogens with one attached hydrogen (secondary N) is 1. The van der Waals surface area contributed by atoms with Crippen molar-refractivity contribution in [3.05, 3.63) is 22.0 Å². The molecule has 0 spiro atoms. The molecule has 0 aliphatic rings. The minimum absolute atomic E-state index is 0.680. The first-order valence-corrected chi connectivity index (χ1v) is 6.00. The maximum absolute atomic E-state index is 5.09. The molecule has 0 unspecified atom stereocenters. The van der Waals surface area contributed by atoms with Crippen LogP contribution in [0.5, 0.6) is 0 Å². The molecule has 2 heterocycles. The molecule has 0 bridgehead atoms. The molecule has 0 atom stereocenters. The van der Waals surface area contributed by atoms with Gasteiger partial charge in [-0.15, -0.1) is 10.2 Å². The molecular formula is C10H14N4OS. The second kappa shape index (κ2) is 4.61. The van der Waals surface area contributed by atoms with Crippen molar-refractivity contribution in [1.29, 1.82) is 0 Å². The summed E-state index contributed by atoms with van der Waals surface area (Å²) in [6, 6.07) is 0. The number of hydrogen-bond acceptors (Lipinski definition) is 6. The summed E-state index contributed by atoms with van der Waals surface area (Å²) in [4.78, 5) is 0. The number of nitrogens with zero attached hydrogens (tertiary/aromatic N) is 3. The highest BCUT2D eigenvalue weighted by atomic mass is 32.1. The van der Waals surface area contributed by atoms with E-state index < -0.39 is 0 Å². The van der Waals surface area contributed by atoms with Crippen LogP contribution in [0.4, 0.5) is 5.13 Å². The molecule has 6 heteroatoms. The minimum Gasteiger partial charge on any atom is -0.361 e. The van der Waals surface area contributed by atoms with Crippen LogP contribution in [0.25, 0.3) is 0 Å². The smallest absolute Gasteiger partial charge is 0.205 e. The summed E-state index contributed by atoms with van der Waals surface area (Å²) in [5, 5.41) is 17.1. The lowest BCUT2D eigenvalue weighted by atomic mass is 10.2. The van der Waals surface area contributed by atoms with E-state index in [1.54, 1.807) is 11.3 Å². The van der Waals surface area contributed by atoms with Crippen LogP contribution in [0.1, 0.15) is 28.9 Å². The molecule has 0 aliphatic heterocycles. The largest absolute Gasteiger partial charge is 0.361 e. The van der Waals surface area contributed by atoms with Crippen molar-refractivity contribution in [3.63, 3.8) is 0 Å². The number of hydrogen-bond donors (Lipinski definition) is 1. The Hall–Kier alpha value is -1.43. The van der Waals surface area contributed by atoms with Gasteiger partial charge in [0, 0.05) is 12.1 Å². The Bertz CT molecular complexity index is 457. The van der Waals surface area contributed by atoms with Crippen LogP contribution >= 0.6 is 11.3 Å². The molecular weight excluding hydrogens is 224 g/mol. The van der Waals surface area contributed by atoms with Gasteiger partial charge in [0.2, 0.25) is 5.13 Å². The highest BCUT2D eigenvalue weighted by Gasteiger charge is 2.09. The molecule has 0 saturated heterocycles. The predicted octanol–water partition coefficient (Wildman–Crippen LogP) is 2.32. The van der Waals surface area contributed by atoms with Gasteiger partial charge in [0.25, 0.3) is 0 Å². The number of aryl methyl sites for hydroxylation is 3. The van der Waals surface area contributed by atoms with E-state index in [2.05, 4.69) is 27.6 Å². The van der Waals surface area contributed by atoms with Crippen LogP contribution in [0, 0.1) is 13.8 Å². The Labute approximate surface area is 97.9 Å². The molecule has 0 aromatic carbocycles. The SMILES string of the molecule is CCc1nnc(NCc2c(C)noc2C)s1. The lowest BCUT2D eigenvalue weighted by Gasteiger charge is -2.00. The molecule has 0 radical (unpaired) electrons. The van der Waals surface area contributed by atoms with Gasteiger partial charge in [0.1, 0.15) is 10.8 Å². The van der Waals surface area contributed by atoms with Crippen molar-refractivity contribution in [2.24, 2.45) is 0 Å². The second-order valence-corrected chi connectivity index (χ2v) is 4.57. The van der Waals surface area contributed by atoms with E-state index in [4.69, 9.17) is 4.52 Å². The molecule has 0 saturated carbocycles. The van der Waals surface area contributed by atoms with E-state index in [1.807, 2.05) is 13.8 Å². The highest BCUT2D eigenvalue weighted by Crippen LogP contribution is 2.18. The minimum atomic E-state index is 0.680. The van der Waals surface area contributed by atoms with Crippen molar-refractivity contribution >= 4 is 16.5 Å². The van der Waals surface area contributed by atoms with Crippen LogP contribution in [-0.4, -0.2) is 15.4 Å². The fraction of sp³-hybridized carbons (Fsp3) is 0.500. The summed E-state index contributed by atoms with van der Waals surface area (Å²) in [7, 11) is 0. The maximum atomic E-state index is 5.09. The Morgan fingerprint density at radius 3 is 2.69 bits per heavy atom. The molecule has 1 N–H and O–H groups in total. The van der Waals surface area contributed by atoms with Crippen molar-refractivity contribution in [1.82, 2.24) is 15.4 Å². The standard InChI is InChI=1S/C10H14N4OS/c1-4-9-12-13-10(16-9)11-5-8-6(2)14-15-7(8)3/h4-5H2,1-3H3,(H,11,13). The van der Waals surface area contributed by atoms with Gasteiger partial charge in [0.05, 0.1) is 5.69 Å². The first-order valence-electron chi connectivity index (χ1n) is 5.18. The Kier molecular flexibility index (Phi) is 3.19. The van der Waals surface area contributed by atoms with Crippen molar-refractivity contribution < 1.29 is 4.52 Å². The third kappa shape index (κ3) is 2.21. The fourth-order valence-electron chi connectivity index (χ4n) is 1.39. The lowest BCUT2D eigenvalue weighted by molar-refractivity contribution is 0.392. The van der Waals surface area contributed by atoms with E-state index in [0.29, 0.717) is 6.54 Å². The summed E-state index contributed by atoms with van der Waals surface area (Å²) >= 11 is 1.58. The van der Waals surface area contributed by atoms with Crippen molar-refractivity contribution in [2.75, 3.05) is 5.32 Å². The monoisotopic (exact) mass is 238 g/mol. The fourth-order valence-corrected chi connectivity index (χ4v) is 2.06. The number of anilines is 1. The summed E-state index contributed by atoms with van der Waals surface area (Å²) in [6.45, 7) is 6.60. The third-order valence-electron chi connectivity index (χ3n) is 2.37. The van der Waals surface area contributed by atoms with Gasteiger partial charge in [-0.25, -0.2) is 0 Å². The second-order valence-electron chi connectivity index (χ2n) is 3.51. The first kappa shape index (κ1) is 11.1. The summed E-state index contributed by atoms with van der Waals surface area (Å²) < 4.78 is 5.09. The topological polar surface area (TPSA) is 63.8 Å². The van der Waals surface area contributed by atoms with Crippen molar-refractivity contribution in [3.8, 4) is 0 Å². The molecule has 16 heavy (non-hydrogen) atoms. The van der Waals surface area contributed by atoms with E-state index in [-0.39, 0.29) is 0 Å². The number of aromatic nitrogens is 3. The third-order valence-corrected chi connectivity index (χ3v) is 3.39. The zero-order valence-corrected chi connectivity index (χ0v) is 10.4. The van der Waals surface area contributed by atoms with Crippen LogP contribution in [0.15, 0.2) is 4.52 Å². The molecule has 86 valence electrons. The normalized spacial score (nSPS) is 10.7. The maximum Gasteiger partial charge on any atom is 0.205 e. The van der Waals surface area contributed by atoms with Crippen molar-refractivity contribution in [2.45, 2.75) is 33.7 Å². The average Bonchev–Trinajstić information content (AvgIpc) is 2.85. The first-order chi connectivity index (χ1) is 7.70. The average molecular weight is 238 g/mol. The van der Waals surface area contributed by atoms with Crippen LogP contribution in [0.2, 0.25) is 0 Å². The Balaban J connectivity index is 2.02. The summed E-state index contributed by atoms with van der Waals surface area (Å²) in [5.74, 6) is 0.852. The molecule has 0 fully saturated rings. The van der Waals surface area contributed by atoms with E-state index in [0.717, 1.165) is 33.6 Å². The Morgan fingerprint density at radius 1 is 1.31 bits per heavy atom. The highest BCUT2D eigenvalue weighted by molar-refractivity contribution is 7.15. The Morgan fingerprint density at radius 2 is 2.12 bits per heavy atom. The molecule has 5 nitrogen and oxygen atoms in total. The van der Waals surface area contributed by atoms with Gasteiger partial charge in [-0.1, -0.05) is 23.4 Å². The number of rotatable bonds is 4. The van der Waals surface area contributed by atoms with Gasteiger partial charge >= 0.3 is 0 Å². The van der Waals surface area contributed by atoms with E-state index >= 15 is 0 Å². The van der Waals surface area contributed by atoms with Crippen LogP contribution < -0.4 is 5.32 Å². The molecule has 2 aromatic rings. The zero-order valence-electron chi connectivity index (χ0n) is 9.57. The molecule has 2 aromatic heterocycles. The molecule has 0 aliphatic carbocycles. The molecule has 2 rings (SSSR count). The van der Waals surface area contributed by atoms with Gasteiger partial charge < -0.3 is 9.84 Å². The van der Waals surface area contributed by atoms with Gasteiger partial charge in [-0.2, -0.15) is 0 Å². The lowest BCUT2D eigenvalue weighted by Crippen LogP contribution is -2.00. The van der Waals surface area contributed by atoms with E-state index in [9.17, 15) is 0 Å². The summed E-state index contributed by atoms with van der Waals surface area (Å²) in [5.41, 5.74) is 2.01.